The van der Waals surface area contributed by atoms with Crippen LogP contribution in [-0.2, 0) is 11.3 Å². The Hall–Kier alpha value is -1.62. The SMILES string of the molecule is CNc1cc(CN2CCNC(=O)C2(C)C)ccn1. The molecule has 18 heavy (non-hydrogen) atoms. The number of hydrogen-bond donors (Lipinski definition) is 2. The number of amides is 1. The number of rotatable bonds is 3. The zero-order valence-corrected chi connectivity index (χ0v) is 11.2. The number of carbonyl (C=O) groups is 1. The van der Waals surface area contributed by atoms with Crippen molar-refractivity contribution in [3.05, 3.63) is 23.9 Å². The summed E-state index contributed by atoms with van der Waals surface area (Å²) in [5.41, 5.74) is 0.707. The van der Waals surface area contributed by atoms with Gasteiger partial charge in [-0.15, -0.1) is 0 Å². The lowest BCUT2D eigenvalue weighted by Crippen LogP contribution is -2.61. The molecule has 0 radical (unpaired) electrons. The second-order valence-corrected chi connectivity index (χ2v) is 5.04. The van der Waals surface area contributed by atoms with Crippen molar-refractivity contribution in [1.82, 2.24) is 15.2 Å². The summed E-state index contributed by atoms with van der Waals surface area (Å²) in [5, 5.41) is 5.93. The van der Waals surface area contributed by atoms with Crippen molar-refractivity contribution < 1.29 is 4.79 Å². The number of piperazine rings is 1. The van der Waals surface area contributed by atoms with Crippen molar-refractivity contribution in [1.29, 1.82) is 0 Å². The van der Waals surface area contributed by atoms with Crippen LogP contribution in [0.2, 0.25) is 0 Å². The van der Waals surface area contributed by atoms with Gasteiger partial charge in [0.25, 0.3) is 0 Å². The third-order valence-electron chi connectivity index (χ3n) is 3.47. The Bertz CT molecular complexity index is 444. The fraction of sp³-hybridized carbons (Fsp3) is 0.538. The van der Waals surface area contributed by atoms with Crippen LogP contribution in [0.3, 0.4) is 0 Å². The van der Waals surface area contributed by atoms with Gasteiger partial charge in [0.1, 0.15) is 5.82 Å². The van der Waals surface area contributed by atoms with Gasteiger partial charge in [0.2, 0.25) is 5.91 Å². The van der Waals surface area contributed by atoms with E-state index in [1.54, 1.807) is 6.20 Å². The number of nitrogens with zero attached hydrogens (tertiary/aromatic N) is 2. The van der Waals surface area contributed by atoms with E-state index in [2.05, 4.69) is 20.5 Å². The van der Waals surface area contributed by atoms with E-state index in [-0.39, 0.29) is 5.91 Å². The molecule has 5 heteroatoms. The van der Waals surface area contributed by atoms with Gasteiger partial charge >= 0.3 is 0 Å². The summed E-state index contributed by atoms with van der Waals surface area (Å²) in [7, 11) is 1.85. The Morgan fingerprint density at radius 2 is 2.33 bits per heavy atom. The van der Waals surface area contributed by atoms with Gasteiger partial charge in [-0.2, -0.15) is 0 Å². The summed E-state index contributed by atoms with van der Waals surface area (Å²) in [6.45, 7) is 6.27. The molecule has 1 saturated heterocycles. The van der Waals surface area contributed by atoms with Crippen molar-refractivity contribution >= 4 is 11.7 Å². The first-order chi connectivity index (χ1) is 8.54. The monoisotopic (exact) mass is 248 g/mol. The fourth-order valence-electron chi connectivity index (χ4n) is 2.15. The largest absolute Gasteiger partial charge is 0.373 e. The highest BCUT2D eigenvalue weighted by Crippen LogP contribution is 2.21. The molecule has 5 nitrogen and oxygen atoms in total. The fourth-order valence-corrected chi connectivity index (χ4v) is 2.15. The van der Waals surface area contributed by atoms with Crippen LogP contribution in [0.1, 0.15) is 19.4 Å². The van der Waals surface area contributed by atoms with E-state index >= 15 is 0 Å². The molecule has 1 fully saturated rings. The molecule has 0 atom stereocenters. The maximum Gasteiger partial charge on any atom is 0.240 e. The van der Waals surface area contributed by atoms with Gasteiger partial charge < -0.3 is 10.6 Å². The molecule has 2 N–H and O–H groups in total. The zero-order valence-electron chi connectivity index (χ0n) is 11.2. The first-order valence-corrected chi connectivity index (χ1v) is 6.20. The van der Waals surface area contributed by atoms with Crippen molar-refractivity contribution in [2.24, 2.45) is 0 Å². The topological polar surface area (TPSA) is 57.3 Å². The first-order valence-electron chi connectivity index (χ1n) is 6.20. The zero-order chi connectivity index (χ0) is 13.2. The summed E-state index contributed by atoms with van der Waals surface area (Å²) in [4.78, 5) is 18.3. The normalized spacial score (nSPS) is 19.4. The highest BCUT2D eigenvalue weighted by atomic mass is 16.2. The lowest BCUT2D eigenvalue weighted by Gasteiger charge is -2.41. The van der Waals surface area contributed by atoms with Crippen LogP contribution < -0.4 is 10.6 Å². The van der Waals surface area contributed by atoms with Gasteiger partial charge in [-0.25, -0.2) is 4.98 Å². The molecule has 1 aromatic heterocycles. The Morgan fingerprint density at radius 3 is 3.06 bits per heavy atom. The highest BCUT2D eigenvalue weighted by Gasteiger charge is 2.37. The van der Waals surface area contributed by atoms with E-state index in [1.807, 2.05) is 33.0 Å². The average molecular weight is 248 g/mol. The molecule has 0 unspecified atom stereocenters. The highest BCUT2D eigenvalue weighted by molar-refractivity contribution is 5.86. The Kier molecular flexibility index (Phi) is 3.52. The summed E-state index contributed by atoms with van der Waals surface area (Å²) >= 11 is 0. The predicted octanol–water partition coefficient (Wildman–Crippen LogP) is 0.834. The molecule has 1 aliphatic heterocycles. The summed E-state index contributed by atoms with van der Waals surface area (Å²) in [6.07, 6.45) is 1.79. The quantitative estimate of drug-likeness (QED) is 0.832. The number of anilines is 1. The molecule has 0 aliphatic carbocycles. The van der Waals surface area contributed by atoms with Crippen molar-refractivity contribution in [2.45, 2.75) is 25.9 Å². The van der Waals surface area contributed by atoms with Gasteiger partial charge in [0.05, 0.1) is 5.54 Å². The van der Waals surface area contributed by atoms with Crippen LogP contribution in [0.5, 0.6) is 0 Å². The minimum Gasteiger partial charge on any atom is -0.373 e. The van der Waals surface area contributed by atoms with Gasteiger partial charge in [0.15, 0.2) is 0 Å². The van der Waals surface area contributed by atoms with Crippen LogP contribution in [0.25, 0.3) is 0 Å². The lowest BCUT2D eigenvalue weighted by atomic mass is 9.98. The van der Waals surface area contributed by atoms with E-state index in [0.29, 0.717) is 6.54 Å². The third-order valence-corrected chi connectivity index (χ3v) is 3.47. The standard InChI is InChI=1S/C13H20N4O/c1-13(2)12(18)16-6-7-17(13)9-10-4-5-15-11(8-10)14-3/h4-5,8H,6-7,9H2,1-3H3,(H,14,15)(H,16,18). The first kappa shape index (κ1) is 12.8. The number of carbonyl (C=O) groups excluding carboxylic acids is 1. The number of aromatic nitrogens is 1. The summed E-state index contributed by atoms with van der Waals surface area (Å²) < 4.78 is 0. The van der Waals surface area contributed by atoms with Crippen LogP contribution in [0.15, 0.2) is 18.3 Å². The van der Waals surface area contributed by atoms with Gasteiger partial charge in [-0.05, 0) is 31.5 Å². The minimum atomic E-state index is -0.457. The van der Waals surface area contributed by atoms with Crippen LogP contribution in [0.4, 0.5) is 5.82 Å². The van der Waals surface area contributed by atoms with Gasteiger partial charge in [-0.3, -0.25) is 9.69 Å². The third kappa shape index (κ3) is 2.46. The molecule has 1 aliphatic rings. The second kappa shape index (κ2) is 4.94. The van der Waals surface area contributed by atoms with Gasteiger partial charge in [0, 0.05) is 32.9 Å². The Morgan fingerprint density at radius 1 is 1.56 bits per heavy atom. The summed E-state index contributed by atoms with van der Waals surface area (Å²) in [6, 6.07) is 4.01. The maximum atomic E-state index is 11.9. The predicted molar refractivity (Wildman–Crippen MR) is 71.3 cm³/mol. The molecule has 1 amide bonds. The molecule has 2 heterocycles. The van der Waals surface area contributed by atoms with Crippen LogP contribution in [0, 0.1) is 0 Å². The average Bonchev–Trinajstić information content (AvgIpc) is 2.36. The Balaban J connectivity index is 2.14. The van der Waals surface area contributed by atoms with Gasteiger partial charge in [-0.1, -0.05) is 0 Å². The second-order valence-electron chi connectivity index (χ2n) is 5.04. The van der Waals surface area contributed by atoms with Crippen molar-refractivity contribution in [3.8, 4) is 0 Å². The lowest BCUT2D eigenvalue weighted by molar-refractivity contribution is -0.135. The molecule has 0 saturated carbocycles. The van der Waals surface area contributed by atoms with Crippen molar-refractivity contribution in [2.75, 3.05) is 25.5 Å². The molecule has 98 valence electrons. The molecular weight excluding hydrogens is 228 g/mol. The Labute approximate surface area is 108 Å². The van der Waals surface area contributed by atoms with Crippen LogP contribution in [-0.4, -0.2) is 41.5 Å². The smallest absolute Gasteiger partial charge is 0.240 e. The number of nitrogens with one attached hydrogen (secondary N) is 2. The number of pyridine rings is 1. The molecule has 0 aromatic carbocycles. The van der Waals surface area contributed by atoms with E-state index in [4.69, 9.17) is 0 Å². The minimum absolute atomic E-state index is 0.0941. The molecule has 0 spiro atoms. The molecule has 2 rings (SSSR count). The molecular formula is C13H20N4O. The number of hydrogen-bond acceptors (Lipinski definition) is 4. The molecule has 1 aromatic rings. The van der Waals surface area contributed by atoms with E-state index in [9.17, 15) is 4.79 Å². The maximum absolute atomic E-state index is 11.9. The van der Waals surface area contributed by atoms with E-state index < -0.39 is 5.54 Å². The van der Waals surface area contributed by atoms with Crippen LogP contribution >= 0.6 is 0 Å². The summed E-state index contributed by atoms with van der Waals surface area (Å²) in [5.74, 6) is 0.948. The van der Waals surface area contributed by atoms with Crippen molar-refractivity contribution in [3.63, 3.8) is 0 Å². The van der Waals surface area contributed by atoms with E-state index in [1.165, 1.54) is 0 Å². The molecule has 0 bridgehead atoms. The van der Waals surface area contributed by atoms with E-state index in [0.717, 1.165) is 24.5 Å².